The molecule has 0 fully saturated rings. The van der Waals surface area contributed by atoms with Gasteiger partial charge in [0.15, 0.2) is 0 Å². The number of aromatic nitrogens is 1. The summed E-state index contributed by atoms with van der Waals surface area (Å²) in [7, 11) is 0. The summed E-state index contributed by atoms with van der Waals surface area (Å²) in [5.41, 5.74) is 2.94. The van der Waals surface area contributed by atoms with Crippen LogP contribution in [-0.4, -0.2) is 17.4 Å². The van der Waals surface area contributed by atoms with E-state index in [0.717, 1.165) is 46.9 Å². The molecule has 0 bridgehead atoms. The van der Waals surface area contributed by atoms with Crippen LogP contribution in [0.25, 0.3) is 21.8 Å². The van der Waals surface area contributed by atoms with Gasteiger partial charge in [-0.15, -0.1) is 0 Å². The largest absolute Gasteiger partial charge is 0.351 e. The average molecular weight is 352 g/mol. The van der Waals surface area contributed by atoms with Crippen LogP contribution in [0.15, 0.2) is 46.8 Å². The Morgan fingerprint density at radius 1 is 1.20 bits per heavy atom. The van der Waals surface area contributed by atoms with Crippen LogP contribution < -0.4 is 10.1 Å². The summed E-state index contributed by atoms with van der Waals surface area (Å²) < 4.78 is -0.103. The zero-order valence-electron chi connectivity index (χ0n) is 13.9. The lowest BCUT2D eigenvalue weighted by Gasteiger charge is -2.12. The lowest BCUT2D eigenvalue weighted by Crippen LogP contribution is -2.25. The smallest absolute Gasteiger partial charge is 0.261 e. The Hall–Kier alpha value is -2.40. The molecule has 0 unspecified atom stereocenters. The summed E-state index contributed by atoms with van der Waals surface area (Å²) in [4.78, 5) is 28.5. The number of nitrogens with one attached hydrogen (secondary N) is 2. The van der Waals surface area contributed by atoms with E-state index in [-0.39, 0.29) is 10.6 Å². The van der Waals surface area contributed by atoms with E-state index < -0.39 is 0 Å². The molecule has 0 atom stereocenters. The van der Waals surface area contributed by atoms with Crippen LogP contribution >= 0.6 is 11.3 Å². The lowest BCUT2D eigenvalue weighted by atomic mass is 9.97. The molecule has 4 nitrogen and oxygen atoms in total. The van der Waals surface area contributed by atoms with Crippen molar-refractivity contribution in [3.8, 4) is 0 Å². The van der Waals surface area contributed by atoms with Crippen LogP contribution in [-0.2, 0) is 0 Å². The molecule has 0 radical (unpaired) electrons. The first-order valence-corrected chi connectivity index (χ1v) is 9.55. The Morgan fingerprint density at radius 3 is 2.92 bits per heavy atom. The van der Waals surface area contributed by atoms with Crippen LogP contribution in [0.2, 0.25) is 0 Å². The third-order valence-corrected chi connectivity index (χ3v) is 5.68. The highest BCUT2D eigenvalue weighted by Crippen LogP contribution is 2.25. The van der Waals surface area contributed by atoms with E-state index in [2.05, 4.69) is 16.4 Å². The minimum absolute atomic E-state index is 0.103. The lowest BCUT2D eigenvalue weighted by molar-refractivity contribution is 0.0958. The van der Waals surface area contributed by atoms with Gasteiger partial charge < -0.3 is 10.3 Å². The molecule has 1 amide bonds. The molecular formula is C20H20N2O2S. The van der Waals surface area contributed by atoms with Crippen molar-refractivity contribution in [2.75, 3.05) is 6.54 Å². The van der Waals surface area contributed by atoms with Gasteiger partial charge >= 0.3 is 0 Å². The van der Waals surface area contributed by atoms with E-state index in [1.807, 2.05) is 30.3 Å². The van der Waals surface area contributed by atoms with Crippen molar-refractivity contribution in [1.29, 1.82) is 0 Å². The van der Waals surface area contributed by atoms with Crippen LogP contribution in [0.1, 0.15) is 41.8 Å². The Balaban J connectivity index is 1.56. The number of hydrogen-bond acceptors (Lipinski definition) is 3. The van der Waals surface area contributed by atoms with Crippen molar-refractivity contribution >= 4 is 39.0 Å². The number of carbonyl (C=O) groups excluding carboxylic acids is 1. The molecule has 5 heteroatoms. The highest BCUT2D eigenvalue weighted by molar-refractivity contribution is 7.12. The second-order valence-electron chi connectivity index (χ2n) is 6.47. The van der Waals surface area contributed by atoms with Crippen molar-refractivity contribution in [2.24, 2.45) is 0 Å². The molecule has 0 spiro atoms. The Labute approximate surface area is 149 Å². The van der Waals surface area contributed by atoms with E-state index >= 15 is 0 Å². The van der Waals surface area contributed by atoms with Crippen molar-refractivity contribution < 1.29 is 4.79 Å². The normalized spacial score (nSPS) is 14.6. The van der Waals surface area contributed by atoms with E-state index in [1.165, 1.54) is 18.4 Å². The maximum atomic E-state index is 12.5. The Morgan fingerprint density at radius 2 is 2.08 bits per heavy atom. The number of rotatable bonds is 4. The molecule has 1 aliphatic carbocycles. The Kier molecular flexibility index (Phi) is 4.40. The fourth-order valence-corrected chi connectivity index (χ4v) is 4.26. The zero-order valence-corrected chi connectivity index (χ0v) is 14.7. The molecule has 1 aliphatic rings. The summed E-state index contributed by atoms with van der Waals surface area (Å²) in [6.45, 7) is 0.623. The number of allylic oxidation sites excluding steroid dienone is 1. The standard InChI is InChI=1S/C20H20N2O2S/c23-19(21-11-10-13-6-2-1-3-7-13)17-12-15-14-8-4-5-9-16(14)22-18(15)20(24)25-17/h4-6,8-9,12,22H,1-3,7,10-11H2,(H,21,23). The minimum atomic E-state index is -0.161. The van der Waals surface area contributed by atoms with Crippen molar-refractivity contribution in [1.82, 2.24) is 10.3 Å². The van der Waals surface area contributed by atoms with Crippen LogP contribution in [0.4, 0.5) is 0 Å². The summed E-state index contributed by atoms with van der Waals surface area (Å²) in [6.07, 6.45) is 8.02. The molecule has 4 rings (SSSR count). The second kappa shape index (κ2) is 6.84. The van der Waals surface area contributed by atoms with Gasteiger partial charge in [-0.05, 0) is 44.2 Å². The van der Waals surface area contributed by atoms with Crippen molar-refractivity contribution in [2.45, 2.75) is 32.1 Å². The van der Waals surface area contributed by atoms with Crippen LogP contribution in [0.5, 0.6) is 0 Å². The molecule has 0 saturated heterocycles. The van der Waals surface area contributed by atoms with Crippen LogP contribution in [0.3, 0.4) is 0 Å². The van der Waals surface area contributed by atoms with Gasteiger partial charge in [-0.25, -0.2) is 0 Å². The SMILES string of the molecule is O=C(NCCC1=CCCCC1)c1cc2c([nH]c3ccccc32)c(=O)s1. The van der Waals surface area contributed by atoms with Crippen molar-refractivity contribution in [3.05, 3.63) is 56.4 Å². The molecule has 2 aromatic heterocycles. The highest BCUT2D eigenvalue weighted by Gasteiger charge is 2.14. The van der Waals surface area contributed by atoms with Gasteiger partial charge in [0.25, 0.3) is 10.6 Å². The first kappa shape index (κ1) is 16.1. The first-order chi connectivity index (χ1) is 12.2. The maximum absolute atomic E-state index is 12.5. The molecular weight excluding hydrogens is 332 g/mol. The fraction of sp³-hybridized carbons (Fsp3) is 0.300. The van der Waals surface area contributed by atoms with E-state index in [4.69, 9.17) is 0 Å². The minimum Gasteiger partial charge on any atom is -0.351 e. The van der Waals surface area contributed by atoms with Gasteiger partial charge in [0, 0.05) is 22.8 Å². The molecule has 3 aromatic rings. The predicted molar refractivity (Wildman–Crippen MR) is 103 cm³/mol. The average Bonchev–Trinajstić information content (AvgIpc) is 3.02. The Bertz CT molecular complexity index is 1030. The number of benzene rings is 1. The molecule has 128 valence electrons. The summed E-state index contributed by atoms with van der Waals surface area (Å²) >= 11 is 1.00. The molecule has 1 aromatic carbocycles. The number of carbonyl (C=O) groups is 1. The van der Waals surface area contributed by atoms with Gasteiger partial charge in [-0.1, -0.05) is 41.2 Å². The summed E-state index contributed by atoms with van der Waals surface area (Å²) in [6, 6.07) is 9.61. The van der Waals surface area contributed by atoms with Gasteiger partial charge in [-0.3, -0.25) is 9.59 Å². The van der Waals surface area contributed by atoms with Gasteiger partial charge in [0.2, 0.25) is 0 Å². The molecule has 25 heavy (non-hydrogen) atoms. The predicted octanol–water partition coefficient (Wildman–Crippen LogP) is 4.36. The maximum Gasteiger partial charge on any atom is 0.261 e. The first-order valence-electron chi connectivity index (χ1n) is 8.73. The quantitative estimate of drug-likeness (QED) is 0.685. The van der Waals surface area contributed by atoms with Crippen molar-refractivity contribution in [3.63, 3.8) is 0 Å². The summed E-state index contributed by atoms with van der Waals surface area (Å²) in [5.74, 6) is -0.161. The van der Waals surface area contributed by atoms with E-state index in [0.29, 0.717) is 16.9 Å². The highest BCUT2D eigenvalue weighted by atomic mass is 32.1. The fourth-order valence-electron chi connectivity index (χ4n) is 3.45. The number of para-hydroxylation sites is 1. The number of H-pyrrole nitrogens is 1. The van der Waals surface area contributed by atoms with E-state index in [1.54, 1.807) is 0 Å². The summed E-state index contributed by atoms with van der Waals surface area (Å²) in [5, 5.41) is 4.75. The van der Waals surface area contributed by atoms with Gasteiger partial charge in [-0.2, -0.15) is 0 Å². The molecule has 0 saturated carbocycles. The second-order valence-corrected chi connectivity index (χ2v) is 7.49. The molecule has 2 heterocycles. The van der Waals surface area contributed by atoms with Gasteiger partial charge in [0.1, 0.15) is 5.52 Å². The third-order valence-electron chi connectivity index (χ3n) is 4.77. The topological polar surface area (TPSA) is 62.0 Å². The number of fused-ring (bicyclic) bond motifs is 3. The zero-order chi connectivity index (χ0) is 17.2. The number of aromatic amines is 1. The van der Waals surface area contributed by atoms with E-state index in [9.17, 15) is 9.59 Å². The number of hydrogen-bond donors (Lipinski definition) is 2. The number of amides is 1. The third kappa shape index (κ3) is 3.24. The molecule has 2 N–H and O–H groups in total. The monoisotopic (exact) mass is 352 g/mol. The van der Waals surface area contributed by atoms with Gasteiger partial charge in [0.05, 0.1) is 4.88 Å². The molecule has 0 aliphatic heterocycles. The van der Waals surface area contributed by atoms with Crippen LogP contribution in [0, 0.1) is 0 Å².